The van der Waals surface area contributed by atoms with Gasteiger partial charge in [-0.2, -0.15) is 0 Å². The van der Waals surface area contributed by atoms with Gasteiger partial charge in [0, 0.05) is 29.1 Å². The number of alkyl halides is 2. The molecule has 1 aromatic carbocycles. The highest BCUT2D eigenvalue weighted by molar-refractivity contribution is 9.09. The number of aliphatic carboxylic acids is 1. The molecule has 5 nitrogen and oxygen atoms in total. The van der Waals surface area contributed by atoms with Gasteiger partial charge < -0.3 is 14.6 Å². The first-order valence-corrected chi connectivity index (χ1v) is 11.7. The number of carbonyl (C=O) groups is 2. The summed E-state index contributed by atoms with van der Waals surface area (Å²) in [4.78, 5) is 21.8. The highest BCUT2D eigenvalue weighted by Crippen LogP contribution is 2.42. The maximum Gasteiger partial charge on any atom is 0.303 e. The van der Waals surface area contributed by atoms with Crippen molar-refractivity contribution in [3.05, 3.63) is 40.9 Å². The number of hydrogen-bond donors (Lipinski definition) is 1. The van der Waals surface area contributed by atoms with Crippen molar-refractivity contribution in [3.63, 3.8) is 0 Å². The zero-order chi connectivity index (χ0) is 22.1. The third kappa shape index (κ3) is 8.48. The molecular weight excluding hydrogens is 495 g/mol. The van der Waals surface area contributed by atoms with Crippen LogP contribution in [0.4, 0.5) is 0 Å². The van der Waals surface area contributed by atoms with Crippen LogP contribution in [0, 0.1) is 11.8 Å². The molecule has 2 unspecified atom stereocenters. The van der Waals surface area contributed by atoms with Crippen molar-refractivity contribution in [2.45, 2.75) is 55.8 Å². The summed E-state index contributed by atoms with van der Waals surface area (Å²) >= 11 is 16.5. The molecule has 1 fully saturated rings. The molecule has 0 radical (unpaired) electrons. The van der Waals surface area contributed by atoms with E-state index >= 15 is 0 Å². The molecule has 0 amide bonds. The van der Waals surface area contributed by atoms with Crippen LogP contribution in [0.3, 0.4) is 0 Å². The van der Waals surface area contributed by atoms with Gasteiger partial charge in [-0.25, -0.2) is 0 Å². The quantitative estimate of drug-likeness (QED) is 0.167. The van der Waals surface area contributed by atoms with Gasteiger partial charge in [0.1, 0.15) is 12.4 Å². The molecular formula is C22H27BrCl2O5. The number of allylic oxidation sites excluding steroid dienone is 2. The standard InChI is InChI=1S/C22H27BrCl2O5/c1-14(26)29-12-15-8-17(24)11-18(9-15)30-13-19-16(10-20(23)22(19)25)6-4-2-3-5-7-21(27)28/h2,4,8-9,11,16,19-20,22H,3,5-7,10,12-13H2,1H3,(H,27,28)/b4-2-/t16-,19+,20?,22?/m0/s1. The molecule has 8 heteroatoms. The third-order valence-corrected chi connectivity index (χ3v) is 7.16. The van der Waals surface area contributed by atoms with Crippen LogP contribution >= 0.6 is 39.1 Å². The van der Waals surface area contributed by atoms with Crippen LogP contribution < -0.4 is 4.74 Å². The van der Waals surface area contributed by atoms with Crippen molar-refractivity contribution in [1.29, 1.82) is 0 Å². The number of carbonyl (C=O) groups excluding carboxylic acids is 1. The Morgan fingerprint density at radius 2 is 2.07 bits per heavy atom. The number of unbranched alkanes of at least 4 members (excludes halogenated alkanes) is 1. The fraction of sp³-hybridized carbons (Fsp3) is 0.545. The first-order chi connectivity index (χ1) is 14.3. The lowest BCUT2D eigenvalue weighted by molar-refractivity contribution is -0.142. The molecule has 0 aromatic heterocycles. The average molecular weight is 522 g/mol. The minimum absolute atomic E-state index is 0.0462. The summed E-state index contributed by atoms with van der Waals surface area (Å²) in [5, 5.41) is 9.16. The molecule has 1 aliphatic carbocycles. The largest absolute Gasteiger partial charge is 0.493 e. The summed E-state index contributed by atoms with van der Waals surface area (Å²) < 4.78 is 11.0. The predicted octanol–water partition coefficient (Wildman–Crippen LogP) is 5.99. The van der Waals surface area contributed by atoms with E-state index < -0.39 is 5.97 Å². The summed E-state index contributed by atoms with van der Waals surface area (Å²) in [7, 11) is 0. The second-order valence-corrected chi connectivity index (χ2v) is 9.62. The van der Waals surface area contributed by atoms with Crippen LogP contribution in [0.1, 0.15) is 44.6 Å². The average Bonchev–Trinajstić information content (AvgIpc) is 2.94. The van der Waals surface area contributed by atoms with E-state index in [1.807, 2.05) is 12.1 Å². The van der Waals surface area contributed by atoms with Crippen LogP contribution in [-0.2, 0) is 20.9 Å². The Hall–Kier alpha value is -1.24. The predicted molar refractivity (Wildman–Crippen MR) is 122 cm³/mol. The molecule has 1 aliphatic rings. The van der Waals surface area contributed by atoms with E-state index in [1.54, 1.807) is 12.1 Å². The monoisotopic (exact) mass is 520 g/mol. The Bertz CT molecular complexity index is 755. The molecule has 0 saturated heterocycles. The van der Waals surface area contributed by atoms with Gasteiger partial charge in [0.05, 0.1) is 12.0 Å². The fourth-order valence-corrected chi connectivity index (χ4v) is 5.05. The Labute approximate surface area is 195 Å². The van der Waals surface area contributed by atoms with Gasteiger partial charge in [-0.1, -0.05) is 39.7 Å². The topological polar surface area (TPSA) is 72.8 Å². The van der Waals surface area contributed by atoms with E-state index in [2.05, 4.69) is 22.0 Å². The van der Waals surface area contributed by atoms with Gasteiger partial charge in [0.25, 0.3) is 0 Å². The molecule has 0 spiro atoms. The van der Waals surface area contributed by atoms with Crippen molar-refractivity contribution in [2.75, 3.05) is 6.61 Å². The van der Waals surface area contributed by atoms with E-state index in [1.165, 1.54) is 6.92 Å². The van der Waals surface area contributed by atoms with Gasteiger partial charge in [-0.15, -0.1) is 11.6 Å². The second-order valence-electron chi connectivity index (χ2n) is 7.50. The Kier molecular flexibility index (Phi) is 10.5. The number of benzene rings is 1. The Balaban J connectivity index is 1.92. The zero-order valence-electron chi connectivity index (χ0n) is 16.9. The number of esters is 1. The number of carboxylic acids is 1. The maximum absolute atomic E-state index is 11.0. The van der Waals surface area contributed by atoms with Crippen molar-refractivity contribution in [3.8, 4) is 5.75 Å². The third-order valence-electron chi connectivity index (χ3n) is 5.07. The number of carboxylic acid groups (broad SMARTS) is 1. The van der Waals surface area contributed by atoms with E-state index in [9.17, 15) is 9.59 Å². The summed E-state index contributed by atoms with van der Waals surface area (Å²) in [6, 6.07) is 5.29. The summed E-state index contributed by atoms with van der Waals surface area (Å²) in [5.41, 5.74) is 0.765. The molecule has 1 saturated carbocycles. The van der Waals surface area contributed by atoms with Gasteiger partial charge in [0.2, 0.25) is 0 Å². The van der Waals surface area contributed by atoms with Crippen LogP contribution in [0.5, 0.6) is 5.75 Å². The van der Waals surface area contributed by atoms with Crippen LogP contribution in [0.15, 0.2) is 30.4 Å². The van der Waals surface area contributed by atoms with E-state index in [-0.39, 0.29) is 35.1 Å². The first kappa shape index (κ1) is 25.0. The lowest BCUT2D eigenvalue weighted by Gasteiger charge is -2.22. The number of hydrogen-bond acceptors (Lipinski definition) is 4. The number of ether oxygens (including phenoxy) is 2. The van der Waals surface area contributed by atoms with Crippen molar-refractivity contribution >= 4 is 51.1 Å². The van der Waals surface area contributed by atoms with Crippen LogP contribution in [0.25, 0.3) is 0 Å². The van der Waals surface area contributed by atoms with Crippen LogP contribution in [0.2, 0.25) is 5.02 Å². The highest BCUT2D eigenvalue weighted by Gasteiger charge is 2.40. The van der Waals surface area contributed by atoms with Crippen LogP contribution in [-0.4, -0.2) is 33.9 Å². The lowest BCUT2D eigenvalue weighted by Crippen LogP contribution is -2.24. The number of halogens is 3. The fourth-order valence-electron chi connectivity index (χ4n) is 3.55. The van der Waals surface area contributed by atoms with Crippen molar-refractivity contribution in [2.24, 2.45) is 11.8 Å². The Morgan fingerprint density at radius 1 is 1.30 bits per heavy atom. The molecule has 0 bridgehead atoms. The van der Waals surface area contributed by atoms with E-state index in [0.717, 1.165) is 24.8 Å². The molecule has 30 heavy (non-hydrogen) atoms. The van der Waals surface area contributed by atoms with Gasteiger partial charge >= 0.3 is 11.9 Å². The molecule has 0 aliphatic heterocycles. The minimum atomic E-state index is -0.763. The molecule has 4 atom stereocenters. The summed E-state index contributed by atoms with van der Waals surface area (Å²) in [5.74, 6) is 0.0357. The Morgan fingerprint density at radius 3 is 2.77 bits per heavy atom. The van der Waals surface area contributed by atoms with E-state index in [4.69, 9.17) is 37.8 Å². The van der Waals surface area contributed by atoms with Gasteiger partial charge in [-0.05, 0) is 55.4 Å². The first-order valence-electron chi connectivity index (χ1n) is 9.96. The second kappa shape index (κ2) is 12.6. The molecule has 1 N–H and O–H groups in total. The summed E-state index contributed by atoms with van der Waals surface area (Å²) in [6.07, 6.45) is 7.59. The normalized spacial score (nSPS) is 23.6. The smallest absolute Gasteiger partial charge is 0.303 e. The minimum Gasteiger partial charge on any atom is -0.493 e. The summed E-state index contributed by atoms with van der Waals surface area (Å²) in [6.45, 7) is 1.97. The highest BCUT2D eigenvalue weighted by atomic mass is 79.9. The SMILES string of the molecule is CC(=O)OCc1cc(Cl)cc(OC[C@H]2C(Cl)C(Br)C[C@@H]2C/C=C\CCCC(=O)O)c1. The van der Waals surface area contributed by atoms with Crippen molar-refractivity contribution in [1.82, 2.24) is 0 Å². The van der Waals surface area contributed by atoms with Gasteiger partial charge in [0.15, 0.2) is 0 Å². The molecule has 0 heterocycles. The zero-order valence-corrected chi connectivity index (χ0v) is 20.0. The molecule has 166 valence electrons. The molecule has 2 rings (SSSR count). The van der Waals surface area contributed by atoms with Gasteiger partial charge in [-0.3, -0.25) is 9.59 Å². The maximum atomic E-state index is 11.0. The van der Waals surface area contributed by atoms with E-state index in [0.29, 0.717) is 29.7 Å². The molecule has 1 aromatic rings. The van der Waals surface area contributed by atoms with Crippen molar-refractivity contribution < 1.29 is 24.2 Å². The lowest BCUT2D eigenvalue weighted by atomic mass is 9.93. The number of rotatable bonds is 11.